The molecule has 0 fully saturated rings. The molecular weight excluding hydrogens is 370 g/mol. The van der Waals surface area contributed by atoms with E-state index < -0.39 is 5.97 Å². The standard InChI is InChI=1S/C19H19NO6S/c1-3-5-15(21)20-18-16(19(23)24-4-2)17(22)14(27-18)9-11-6-7-12-13(8-11)26-10-25-12/h6-9,22H,3-5,10H2,1-2H3/b14-9-,20-18?. The van der Waals surface area contributed by atoms with E-state index in [2.05, 4.69) is 4.99 Å². The average molecular weight is 389 g/mol. The van der Waals surface area contributed by atoms with E-state index in [0.29, 0.717) is 22.8 Å². The van der Waals surface area contributed by atoms with Crippen molar-refractivity contribution in [1.82, 2.24) is 0 Å². The number of fused-ring (bicyclic) bond motifs is 1. The van der Waals surface area contributed by atoms with Gasteiger partial charge in [-0.25, -0.2) is 9.79 Å². The SMILES string of the molecule is CCCC(=O)N=C1S/C(=C\c2ccc3c(c2)OCO3)C(O)=C1C(=O)OCC. The van der Waals surface area contributed by atoms with Crippen molar-refractivity contribution in [2.45, 2.75) is 26.7 Å². The molecule has 27 heavy (non-hydrogen) atoms. The van der Waals surface area contributed by atoms with E-state index in [0.717, 1.165) is 17.3 Å². The quantitative estimate of drug-likeness (QED) is 0.769. The van der Waals surface area contributed by atoms with E-state index in [4.69, 9.17) is 14.2 Å². The van der Waals surface area contributed by atoms with Crippen LogP contribution in [0.15, 0.2) is 39.4 Å². The number of hydrogen-bond donors (Lipinski definition) is 1. The molecule has 2 aliphatic rings. The summed E-state index contributed by atoms with van der Waals surface area (Å²) in [5.41, 5.74) is 0.663. The zero-order valence-electron chi connectivity index (χ0n) is 15.0. The highest BCUT2D eigenvalue weighted by molar-refractivity contribution is 8.18. The number of hydrogen-bond acceptors (Lipinski definition) is 7. The Morgan fingerprint density at radius 3 is 2.81 bits per heavy atom. The second-order valence-corrected chi connectivity index (χ2v) is 6.76. The Hall–Kier alpha value is -2.74. The van der Waals surface area contributed by atoms with Gasteiger partial charge in [0.1, 0.15) is 16.4 Å². The predicted octanol–water partition coefficient (Wildman–Crippen LogP) is 3.60. The normalized spacial score (nSPS) is 18.4. The van der Waals surface area contributed by atoms with Crippen LogP contribution < -0.4 is 9.47 Å². The lowest BCUT2D eigenvalue weighted by atomic mass is 10.1. The Balaban J connectivity index is 1.96. The molecule has 1 N–H and O–H groups in total. The predicted molar refractivity (Wildman–Crippen MR) is 102 cm³/mol. The number of esters is 1. The largest absolute Gasteiger partial charge is 0.506 e. The molecule has 0 atom stereocenters. The van der Waals surface area contributed by atoms with Gasteiger partial charge in [0.15, 0.2) is 11.5 Å². The Bertz CT molecular complexity index is 871. The van der Waals surface area contributed by atoms with Crippen molar-refractivity contribution >= 4 is 34.8 Å². The molecule has 0 radical (unpaired) electrons. The summed E-state index contributed by atoms with van der Waals surface area (Å²) < 4.78 is 15.6. The number of amides is 1. The summed E-state index contributed by atoms with van der Waals surface area (Å²) in [5.74, 6) is -0.0539. The Morgan fingerprint density at radius 2 is 2.07 bits per heavy atom. The number of aliphatic imine (C=N–C) groups is 1. The summed E-state index contributed by atoms with van der Waals surface area (Å²) in [7, 11) is 0. The molecular formula is C19H19NO6S. The molecule has 0 spiro atoms. The van der Waals surface area contributed by atoms with Crippen molar-refractivity contribution in [2.24, 2.45) is 4.99 Å². The molecule has 7 nitrogen and oxygen atoms in total. The lowest BCUT2D eigenvalue weighted by molar-refractivity contribution is -0.138. The summed E-state index contributed by atoms with van der Waals surface area (Å²) >= 11 is 1.06. The smallest absolute Gasteiger partial charge is 0.344 e. The maximum atomic E-state index is 12.2. The van der Waals surface area contributed by atoms with Gasteiger partial charge in [-0.1, -0.05) is 24.8 Å². The zero-order chi connectivity index (χ0) is 19.4. The molecule has 0 unspecified atom stereocenters. The van der Waals surface area contributed by atoms with Gasteiger partial charge >= 0.3 is 5.97 Å². The van der Waals surface area contributed by atoms with Crippen LogP contribution in [0, 0.1) is 0 Å². The molecule has 2 heterocycles. The van der Waals surface area contributed by atoms with Crippen LogP contribution in [0.1, 0.15) is 32.3 Å². The van der Waals surface area contributed by atoms with Crippen molar-refractivity contribution in [3.8, 4) is 11.5 Å². The number of nitrogens with zero attached hydrogens (tertiary/aromatic N) is 1. The van der Waals surface area contributed by atoms with Gasteiger partial charge in [-0.3, -0.25) is 4.79 Å². The monoisotopic (exact) mass is 389 g/mol. The molecule has 0 saturated heterocycles. The van der Waals surface area contributed by atoms with E-state index in [-0.39, 0.29) is 42.1 Å². The van der Waals surface area contributed by atoms with Crippen molar-refractivity contribution in [2.75, 3.05) is 13.4 Å². The summed E-state index contributed by atoms with van der Waals surface area (Å²) in [6.45, 7) is 3.85. The molecule has 3 rings (SSSR count). The van der Waals surface area contributed by atoms with Crippen molar-refractivity contribution in [1.29, 1.82) is 0 Å². The zero-order valence-corrected chi connectivity index (χ0v) is 15.8. The molecule has 0 aliphatic carbocycles. The van der Waals surface area contributed by atoms with Crippen molar-refractivity contribution in [3.05, 3.63) is 40.0 Å². The van der Waals surface area contributed by atoms with Crippen LogP contribution in [-0.2, 0) is 14.3 Å². The van der Waals surface area contributed by atoms with Crippen molar-refractivity contribution < 1.29 is 28.9 Å². The molecule has 1 aromatic carbocycles. The Kier molecular flexibility index (Phi) is 5.85. The van der Waals surface area contributed by atoms with Gasteiger partial charge in [-0.2, -0.15) is 0 Å². The maximum Gasteiger partial charge on any atom is 0.344 e. The number of thioether (sulfide) groups is 1. The van der Waals surface area contributed by atoms with Crippen LogP contribution in [0.4, 0.5) is 0 Å². The first kappa shape index (κ1) is 19.0. The van der Waals surface area contributed by atoms with Gasteiger partial charge in [0.25, 0.3) is 0 Å². The number of benzene rings is 1. The van der Waals surface area contributed by atoms with Gasteiger partial charge in [0, 0.05) is 6.42 Å². The number of aliphatic hydroxyl groups excluding tert-OH is 1. The van der Waals surface area contributed by atoms with Gasteiger partial charge in [-0.05, 0) is 37.1 Å². The highest BCUT2D eigenvalue weighted by Gasteiger charge is 2.33. The van der Waals surface area contributed by atoms with E-state index in [1.165, 1.54) is 0 Å². The second-order valence-electron chi connectivity index (χ2n) is 5.73. The molecule has 142 valence electrons. The average Bonchev–Trinajstić information content (AvgIpc) is 3.20. The summed E-state index contributed by atoms with van der Waals surface area (Å²) in [4.78, 5) is 28.6. The minimum atomic E-state index is -0.709. The highest BCUT2D eigenvalue weighted by atomic mass is 32.2. The molecule has 1 aromatic rings. The minimum absolute atomic E-state index is 0.0849. The van der Waals surface area contributed by atoms with E-state index >= 15 is 0 Å². The van der Waals surface area contributed by atoms with Crippen LogP contribution in [0.3, 0.4) is 0 Å². The van der Waals surface area contributed by atoms with Crippen LogP contribution in [0.25, 0.3) is 6.08 Å². The molecule has 1 amide bonds. The molecule has 2 aliphatic heterocycles. The van der Waals surface area contributed by atoms with Crippen LogP contribution in [0.2, 0.25) is 0 Å². The number of carbonyl (C=O) groups excluding carboxylic acids is 2. The van der Waals surface area contributed by atoms with Crippen LogP contribution in [0.5, 0.6) is 11.5 Å². The third kappa shape index (κ3) is 4.16. The fourth-order valence-corrected chi connectivity index (χ4v) is 3.56. The minimum Gasteiger partial charge on any atom is -0.506 e. The third-order valence-electron chi connectivity index (χ3n) is 3.75. The van der Waals surface area contributed by atoms with E-state index in [1.54, 1.807) is 31.2 Å². The number of ether oxygens (including phenoxy) is 3. The fourth-order valence-electron chi connectivity index (χ4n) is 2.53. The van der Waals surface area contributed by atoms with Gasteiger partial charge in [0.05, 0.1) is 11.5 Å². The van der Waals surface area contributed by atoms with Gasteiger partial charge in [-0.15, -0.1) is 0 Å². The van der Waals surface area contributed by atoms with E-state index in [9.17, 15) is 14.7 Å². The summed E-state index contributed by atoms with van der Waals surface area (Å²) in [5, 5.41) is 10.7. The molecule has 0 aromatic heterocycles. The lowest BCUT2D eigenvalue weighted by Gasteiger charge is -2.03. The summed E-state index contributed by atoms with van der Waals surface area (Å²) in [6.07, 6.45) is 2.60. The Morgan fingerprint density at radius 1 is 1.30 bits per heavy atom. The maximum absolute atomic E-state index is 12.2. The first-order valence-corrected chi connectivity index (χ1v) is 9.37. The molecule has 0 saturated carbocycles. The topological polar surface area (TPSA) is 94.4 Å². The second kappa shape index (κ2) is 8.30. The van der Waals surface area contributed by atoms with E-state index in [1.807, 2.05) is 6.92 Å². The molecule has 8 heteroatoms. The lowest BCUT2D eigenvalue weighted by Crippen LogP contribution is -2.14. The highest BCUT2D eigenvalue weighted by Crippen LogP contribution is 2.40. The number of rotatable bonds is 5. The Labute approximate surface area is 160 Å². The number of aliphatic hydroxyl groups is 1. The first-order valence-electron chi connectivity index (χ1n) is 8.55. The third-order valence-corrected chi connectivity index (χ3v) is 4.77. The van der Waals surface area contributed by atoms with Crippen LogP contribution in [-0.4, -0.2) is 35.4 Å². The van der Waals surface area contributed by atoms with Crippen LogP contribution >= 0.6 is 11.8 Å². The molecule has 0 bridgehead atoms. The fraction of sp³-hybridized carbons (Fsp3) is 0.316. The van der Waals surface area contributed by atoms with Gasteiger partial charge < -0.3 is 19.3 Å². The van der Waals surface area contributed by atoms with Crippen molar-refractivity contribution in [3.63, 3.8) is 0 Å². The summed E-state index contributed by atoms with van der Waals surface area (Å²) in [6, 6.07) is 5.33. The first-order chi connectivity index (χ1) is 13.0. The number of carbonyl (C=O) groups is 2. The van der Waals surface area contributed by atoms with Gasteiger partial charge in [0.2, 0.25) is 12.7 Å².